The number of aromatic nitrogens is 2. The number of nitrogens with one attached hydrogen (secondary N) is 1. The van der Waals surface area contributed by atoms with E-state index in [1.807, 2.05) is 0 Å². The minimum absolute atomic E-state index is 0.206. The number of anilines is 1. The van der Waals surface area contributed by atoms with Gasteiger partial charge in [0.25, 0.3) is 11.5 Å². The molecule has 34 heavy (non-hydrogen) atoms. The lowest BCUT2D eigenvalue weighted by molar-refractivity contribution is 0.0730. The molecule has 1 fully saturated rings. The molecule has 1 amide bonds. The molecule has 10 nitrogen and oxygen atoms in total. The number of sulfonamides is 1. The van der Waals surface area contributed by atoms with Gasteiger partial charge in [-0.2, -0.15) is 4.31 Å². The third-order valence-electron chi connectivity index (χ3n) is 6.34. The number of amides is 1. The van der Waals surface area contributed by atoms with Crippen molar-refractivity contribution in [1.29, 1.82) is 0 Å². The summed E-state index contributed by atoms with van der Waals surface area (Å²) in [6.45, 7) is 3.74. The Kier molecular flexibility index (Phi) is 5.62. The fourth-order valence-electron chi connectivity index (χ4n) is 4.52. The highest BCUT2D eigenvalue weighted by atomic mass is 32.2. The van der Waals surface area contributed by atoms with Gasteiger partial charge < -0.3 is 14.6 Å². The number of carbonyl (C=O) groups excluding carboxylic acids is 1. The number of rotatable bonds is 4. The maximum Gasteiger partial charge on any atom is 0.328 e. The van der Waals surface area contributed by atoms with Crippen molar-refractivity contribution < 1.29 is 17.9 Å². The number of fused-ring (bicyclic) bond motifs is 2. The van der Waals surface area contributed by atoms with Crippen molar-refractivity contribution in [2.24, 2.45) is 0 Å². The molecule has 0 radical (unpaired) electrons. The Balaban J connectivity index is 1.45. The van der Waals surface area contributed by atoms with Crippen LogP contribution in [-0.2, 0) is 27.7 Å². The molecule has 0 saturated carbocycles. The van der Waals surface area contributed by atoms with E-state index in [0.29, 0.717) is 61.4 Å². The fourth-order valence-corrected chi connectivity index (χ4v) is 5.98. The first-order chi connectivity index (χ1) is 16.3. The summed E-state index contributed by atoms with van der Waals surface area (Å²) in [5.41, 5.74) is 1.14. The van der Waals surface area contributed by atoms with Crippen LogP contribution in [0.4, 0.5) is 5.69 Å². The van der Waals surface area contributed by atoms with Crippen molar-refractivity contribution in [3.8, 4) is 0 Å². The molecule has 0 atom stereocenters. The molecule has 178 valence electrons. The zero-order chi connectivity index (χ0) is 24.0. The standard InChI is InChI=1S/C23H24N4O6S/c1-2-26-22(29)18-5-3-16(14-19(18)24-23(26)30)21(28)27-8-7-15-13-17(4-6-20(15)27)34(31,32)25-9-11-33-12-10-25/h3-6,13-14H,2,7-12H2,1H3,(H,24,30). The molecular formula is C23H24N4O6S. The Morgan fingerprint density at radius 1 is 1.06 bits per heavy atom. The molecule has 0 bridgehead atoms. The molecule has 2 aromatic carbocycles. The maximum atomic E-state index is 13.3. The smallest absolute Gasteiger partial charge is 0.328 e. The van der Waals surface area contributed by atoms with Gasteiger partial charge in [-0.1, -0.05) is 0 Å². The summed E-state index contributed by atoms with van der Waals surface area (Å²) in [6.07, 6.45) is 0.527. The minimum atomic E-state index is -3.63. The number of aromatic amines is 1. The highest BCUT2D eigenvalue weighted by Gasteiger charge is 2.30. The summed E-state index contributed by atoms with van der Waals surface area (Å²) in [4.78, 5) is 42.4. The van der Waals surface area contributed by atoms with Crippen LogP contribution < -0.4 is 16.1 Å². The molecule has 0 unspecified atom stereocenters. The Morgan fingerprint density at radius 2 is 1.82 bits per heavy atom. The zero-order valence-corrected chi connectivity index (χ0v) is 19.4. The van der Waals surface area contributed by atoms with Crippen LogP contribution in [0.1, 0.15) is 22.8 Å². The third-order valence-corrected chi connectivity index (χ3v) is 8.24. The summed E-state index contributed by atoms with van der Waals surface area (Å²) in [5.74, 6) is -0.287. The first-order valence-electron chi connectivity index (χ1n) is 11.1. The second-order valence-electron chi connectivity index (χ2n) is 8.25. The maximum absolute atomic E-state index is 13.3. The number of benzene rings is 2. The van der Waals surface area contributed by atoms with Gasteiger partial charge in [0.2, 0.25) is 10.0 Å². The van der Waals surface area contributed by atoms with E-state index in [2.05, 4.69) is 4.98 Å². The van der Waals surface area contributed by atoms with Gasteiger partial charge in [0.15, 0.2) is 0 Å². The Hall–Kier alpha value is -3.28. The lowest BCUT2D eigenvalue weighted by Gasteiger charge is -2.26. The van der Waals surface area contributed by atoms with Crippen molar-refractivity contribution >= 4 is 32.5 Å². The fraction of sp³-hybridized carbons (Fsp3) is 0.348. The van der Waals surface area contributed by atoms with Crippen molar-refractivity contribution in [3.05, 3.63) is 68.4 Å². The number of hydrogen-bond donors (Lipinski definition) is 1. The molecule has 1 aromatic heterocycles. The lowest BCUT2D eigenvalue weighted by Crippen LogP contribution is -2.40. The van der Waals surface area contributed by atoms with Crippen molar-refractivity contribution in [2.45, 2.75) is 24.8 Å². The van der Waals surface area contributed by atoms with Crippen LogP contribution in [-0.4, -0.2) is 61.0 Å². The van der Waals surface area contributed by atoms with Gasteiger partial charge in [-0.3, -0.25) is 14.2 Å². The largest absolute Gasteiger partial charge is 0.379 e. The first kappa shape index (κ1) is 22.5. The van der Waals surface area contributed by atoms with Crippen LogP contribution in [0.15, 0.2) is 50.9 Å². The average molecular weight is 485 g/mol. The molecule has 3 aromatic rings. The second kappa shape index (κ2) is 8.49. The van der Waals surface area contributed by atoms with Crippen LogP contribution in [0.3, 0.4) is 0 Å². The van der Waals surface area contributed by atoms with E-state index in [1.165, 1.54) is 16.4 Å². The van der Waals surface area contributed by atoms with Gasteiger partial charge in [-0.05, 0) is 55.3 Å². The summed E-state index contributed by atoms with van der Waals surface area (Å²) < 4.78 is 33.7. The van der Waals surface area contributed by atoms with Gasteiger partial charge >= 0.3 is 5.69 Å². The summed E-state index contributed by atoms with van der Waals surface area (Å²) in [7, 11) is -3.63. The van der Waals surface area contributed by atoms with E-state index < -0.39 is 21.3 Å². The van der Waals surface area contributed by atoms with Crippen molar-refractivity contribution in [2.75, 3.05) is 37.7 Å². The van der Waals surface area contributed by atoms with Gasteiger partial charge in [0.05, 0.1) is 29.0 Å². The Morgan fingerprint density at radius 3 is 2.56 bits per heavy atom. The van der Waals surface area contributed by atoms with Crippen molar-refractivity contribution in [1.82, 2.24) is 13.9 Å². The second-order valence-corrected chi connectivity index (χ2v) is 10.2. The SMILES string of the molecule is CCn1c(=O)[nH]c2cc(C(=O)N3CCc4cc(S(=O)(=O)N5CCOCC5)ccc43)ccc2c1=O. The van der Waals surface area contributed by atoms with Crippen LogP contribution in [0, 0.1) is 0 Å². The van der Waals surface area contributed by atoms with Crippen LogP contribution in [0.25, 0.3) is 10.9 Å². The van der Waals surface area contributed by atoms with E-state index in [0.717, 1.165) is 10.1 Å². The molecule has 5 rings (SSSR count). The van der Waals surface area contributed by atoms with Crippen LogP contribution >= 0.6 is 0 Å². The van der Waals surface area contributed by atoms with Crippen molar-refractivity contribution in [3.63, 3.8) is 0 Å². The monoisotopic (exact) mass is 484 g/mol. The molecular weight excluding hydrogens is 460 g/mol. The van der Waals surface area contributed by atoms with E-state index in [1.54, 1.807) is 36.1 Å². The van der Waals surface area contributed by atoms with Gasteiger partial charge in [0, 0.05) is 37.4 Å². The van der Waals surface area contributed by atoms with E-state index >= 15 is 0 Å². The van der Waals surface area contributed by atoms with E-state index in [4.69, 9.17) is 4.74 Å². The molecule has 0 aliphatic carbocycles. The molecule has 3 heterocycles. The lowest BCUT2D eigenvalue weighted by atomic mass is 10.1. The highest BCUT2D eigenvalue weighted by Crippen LogP contribution is 2.32. The predicted molar refractivity (Wildman–Crippen MR) is 126 cm³/mol. The van der Waals surface area contributed by atoms with E-state index in [9.17, 15) is 22.8 Å². The molecule has 1 N–H and O–H groups in total. The molecule has 0 spiro atoms. The minimum Gasteiger partial charge on any atom is -0.379 e. The number of morpholine rings is 1. The molecule has 11 heteroatoms. The van der Waals surface area contributed by atoms with Crippen LogP contribution in [0.2, 0.25) is 0 Å². The first-order valence-corrected chi connectivity index (χ1v) is 12.5. The number of hydrogen-bond acceptors (Lipinski definition) is 6. The number of nitrogens with zero attached hydrogens (tertiary/aromatic N) is 3. The molecule has 2 aliphatic heterocycles. The topological polar surface area (TPSA) is 122 Å². The van der Waals surface area contributed by atoms with Gasteiger partial charge in [0.1, 0.15) is 0 Å². The van der Waals surface area contributed by atoms with E-state index in [-0.39, 0.29) is 17.3 Å². The van der Waals surface area contributed by atoms with Gasteiger partial charge in [-0.25, -0.2) is 13.2 Å². The predicted octanol–water partition coefficient (Wildman–Crippen LogP) is 0.934. The molecule has 1 saturated heterocycles. The average Bonchev–Trinajstić information content (AvgIpc) is 3.27. The summed E-state index contributed by atoms with van der Waals surface area (Å²) >= 11 is 0. The Bertz CT molecular complexity index is 1520. The zero-order valence-electron chi connectivity index (χ0n) is 18.6. The third kappa shape index (κ3) is 3.65. The molecule has 2 aliphatic rings. The quantitative estimate of drug-likeness (QED) is 0.588. The number of H-pyrrole nitrogens is 1. The number of ether oxygens (including phenoxy) is 1. The summed E-state index contributed by atoms with van der Waals surface area (Å²) in [6, 6.07) is 9.45. The van der Waals surface area contributed by atoms with Gasteiger partial charge in [-0.15, -0.1) is 0 Å². The summed E-state index contributed by atoms with van der Waals surface area (Å²) in [5, 5.41) is 0.331. The normalized spacial score (nSPS) is 16.7. The van der Waals surface area contributed by atoms with Crippen LogP contribution in [0.5, 0.6) is 0 Å². The Labute approximate surface area is 195 Å². The highest BCUT2D eigenvalue weighted by molar-refractivity contribution is 7.89. The number of carbonyl (C=O) groups is 1.